The van der Waals surface area contributed by atoms with E-state index in [9.17, 15) is 0 Å². The van der Waals surface area contributed by atoms with E-state index < -0.39 is 0 Å². The molecular weight excluding hydrogens is 366 g/mol. The molecule has 4 rings (SSSR count). The monoisotopic (exact) mass is 389 g/mol. The molecule has 1 atom stereocenters. The average Bonchev–Trinajstić information content (AvgIpc) is 3.35. The first-order valence-electron chi connectivity index (χ1n) is 9.43. The number of imidazole rings is 1. The van der Waals surface area contributed by atoms with E-state index in [1.165, 1.54) is 16.7 Å². The zero-order valence-electron chi connectivity index (χ0n) is 16.4. The predicted molar refractivity (Wildman–Crippen MR) is 115 cm³/mol. The molecule has 0 amide bonds. The summed E-state index contributed by atoms with van der Waals surface area (Å²) < 4.78 is 4.27. The Hall–Kier alpha value is -2.78. The fourth-order valence-electron chi connectivity index (χ4n) is 3.47. The van der Waals surface area contributed by atoms with Crippen LogP contribution in [0.3, 0.4) is 0 Å². The number of benzene rings is 2. The molecule has 1 unspecified atom stereocenters. The lowest BCUT2D eigenvalue weighted by Crippen LogP contribution is -2.13. The van der Waals surface area contributed by atoms with Gasteiger partial charge in [0.25, 0.3) is 0 Å². The highest BCUT2D eigenvalue weighted by atomic mass is 35.5. The van der Waals surface area contributed by atoms with Crippen LogP contribution in [0, 0.1) is 0 Å². The van der Waals surface area contributed by atoms with Crippen molar-refractivity contribution in [2.75, 3.05) is 0 Å². The van der Waals surface area contributed by atoms with Gasteiger partial charge in [-0.25, -0.2) is 4.98 Å². The minimum absolute atomic E-state index is 0.0741. The summed E-state index contributed by atoms with van der Waals surface area (Å²) in [5.41, 5.74) is 5.00. The smallest absolute Gasteiger partial charge is 0.0954 e. The van der Waals surface area contributed by atoms with Crippen LogP contribution in [-0.2, 0) is 5.41 Å². The Labute approximate surface area is 171 Å². The van der Waals surface area contributed by atoms with Gasteiger partial charge < -0.3 is 9.13 Å². The molecule has 142 valence electrons. The van der Waals surface area contributed by atoms with Crippen molar-refractivity contribution in [3.8, 4) is 5.69 Å². The minimum atomic E-state index is 0.0741. The van der Waals surface area contributed by atoms with E-state index in [2.05, 4.69) is 77.6 Å². The van der Waals surface area contributed by atoms with Gasteiger partial charge in [-0.3, -0.25) is 0 Å². The zero-order valence-corrected chi connectivity index (χ0v) is 17.1. The zero-order chi connectivity index (χ0) is 19.7. The first-order chi connectivity index (χ1) is 13.4. The van der Waals surface area contributed by atoms with Crippen molar-refractivity contribution in [2.45, 2.75) is 32.2 Å². The van der Waals surface area contributed by atoms with Crippen LogP contribution in [0.5, 0.6) is 0 Å². The quantitative estimate of drug-likeness (QED) is 0.403. The second-order valence-electron chi connectivity index (χ2n) is 8.11. The fraction of sp³-hybridized carbons (Fsp3) is 0.208. The molecule has 0 aliphatic heterocycles. The molecule has 4 aromatic rings. The van der Waals surface area contributed by atoms with Crippen LogP contribution in [0.4, 0.5) is 0 Å². The van der Waals surface area contributed by atoms with Gasteiger partial charge in [0, 0.05) is 35.5 Å². The summed E-state index contributed by atoms with van der Waals surface area (Å²) in [6.45, 7) is 6.71. The Balaban J connectivity index is 1.73. The number of hydrogen-bond acceptors (Lipinski definition) is 1. The van der Waals surface area contributed by atoms with Crippen LogP contribution in [0.15, 0.2) is 85.7 Å². The Morgan fingerprint density at radius 1 is 0.857 bits per heavy atom. The van der Waals surface area contributed by atoms with Crippen LogP contribution in [0.25, 0.3) is 5.69 Å². The molecule has 4 heteroatoms. The third-order valence-electron chi connectivity index (χ3n) is 5.07. The standard InChI is InChI=1S/C24H24ClN3/c1-24(2,3)20-6-4-18(5-7-20)23(28-15-13-26-17-28)19-12-14-27(16-19)22-10-8-21(25)9-11-22/h4-17,23H,1-3H3. The third-order valence-corrected chi connectivity index (χ3v) is 5.32. The van der Waals surface area contributed by atoms with E-state index >= 15 is 0 Å². The highest BCUT2D eigenvalue weighted by Crippen LogP contribution is 2.30. The third kappa shape index (κ3) is 3.76. The lowest BCUT2D eigenvalue weighted by Gasteiger charge is -2.22. The van der Waals surface area contributed by atoms with Crippen molar-refractivity contribution >= 4 is 11.6 Å². The van der Waals surface area contributed by atoms with Gasteiger partial charge >= 0.3 is 0 Å². The van der Waals surface area contributed by atoms with Crippen LogP contribution in [0.1, 0.15) is 43.5 Å². The van der Waals surface area contributed by atoms with Crippen molar-refractivity contribution in [1.29, 1.82) is 0 Å². The Bertz CT molecular complexity index is 1040. The molecule has 28 heavy (non-hydrogen) atoms. The second kappa shape index (κ2) is 7.33. The normalized spacial score (nSPS) is 12.9. The van der Waals surface area contributed by atoms with E-state index in [1.807, 2.05) is 43.0 Å². The van der Waals surface area contributed by atoms with Gasteiger partial charge in [-0.05, 0) is 52.4 Å². The molecule has 0 N–H and O–H groups in total. The van der Waals surface area contributed by atoms with Crippen molar-refractivity contribution in [1.82, 2.24) is 14.1 Å². The highest BCUT2D eigenvalue weighted by molar-refractivity contribution is 6.30. The summed E-state index contributed by atoms with van der Waals surface area (Å²) in [6, 6.07) is 19.0. The van der Waals surface area contributed by atoms with Gasteiger partial charge in [0.2, 0.25) is 0 Å². The first kappa shape index (κ1) is 18.6. The molecule has 0 saturated heterocycles. The van der Waals surface area contributed by atoms with Gasteiger partial charge in [-0.1, -0.05) is 56.6 Å². The maximum atomic E-state index is 6.03. The molecule has 0 bridgehead atoms. The molecule has 0 aliphatic rings. The molecule has 0 spiro atoms. The van der Waals surface area contributed by atoms with Crippen molar-refractivity contribution in [2.24, 2.45) is 0 Å². The summed E-state index contributed by atoms with van der Waals surface area (Å²) in [6.07, 6.45) is 9.98. The minimum Gasteiger partial charge on any atom is -0.326 e. The molecule has 0 aliphatic carbocycles. The first-order valence-corrected chi connectivity index (χ1v) is 9.81. The Morgan fingerprint density at radius 2 is 1.57 bits per heavy atom. The van der Waals surface area contributed by atoms with E-state index in [1.54, 1.807) is 0 Å². The highest BCUT2D eigenvalue weighted by Gasteiger charge is 2.19. The molecule has 0 radical (unpaired) electrons. The maximum Gasteiger partial charge on any atom is 0.0954 e. The number of rotatable bonds is 4. The number of hydrogen-bond donors (Lipinski definition) is 0. The lowest BCUT2D eigenvalue weighted by molar-refractivity contribution is 0.589. The van der Waals surface area contributed by atoms with Crippen LogP contribution >= 0.6 is 11.6 Å². The maximum absolute atomic E-state index is 6.03. The van der Waals surface area contributed by atoms with Gasteiger partial charge in [0.05, 0.1) is 12.4 Å². The Morgan fingerprint density at radius 3 is 2.18 bits per heavy atom. The van der Waals surface area contributed by atoms with E-state index in [4.69, 9.17) is 11.6 Å². The fourth-order valence-corrected chi connectivity index (χ4v) is 3.60. The molecule has 2 aromatic heterocycles. The number of halogens is 1. The van der Waals surface area contributed by atoms with Crippen molar-refractivity contribution in [3.05, 3.63) is 107 Å². The average molecular weight is 390 g/mol. The lowest BCUT2D eigenvalue weighted by atomic mass is 9.86. The molecular formula is C24H24ClN3. The van der Waals surface area contributed by atoms with Crippen molar-refractivity contribution in [3.63, 3.8) is 0 Å². The molecule has 3 nitrogen and oxygen atoms in total. The SMILES string of the molecule is CC(C)(C)c1ccc(C(c2ccn(-c3ccc(Cl)cc3)c2)n2ccnc2)cc1. The van der Waals surface area contributed by atoms with Gasteiger partial charge in [0.1, 0.15) is 0 Å². The van der Waals surface area contributed by atoms with Crippen LogP contribution < -0.4 is 0 Å². The second-order valence-corrected chi connectivity index (χ2v) is 8.55. The van der Waals surface area contributed by atoms with Gasteiger partial charge in [-0.2, -0.15) is 0 Å². The molecule has 2 aromatic carbocycles. The summed E-state index contributed by atoms with van der Waals surface area (Å²) in [4.78, 5) is 4.27. The predicted octanol–water partition coefficient (Wildman–Crippen LogP) is 6.26. The number of aromatic nitrogens is 3. The van der Waals surface area contributed by atoms with Gasteiger partial charge in [0.15, 0.2) is 0 Å². The topological polar surface area (TPSA) is 22.8 Å². The van der Waals surface area contributed by atoms with E-state index in [0.717, 1.165) is 10.7 Å². The van der Waals surface area contributed by atoms with E-state index in [0.29, 0.717) is 0 Å². The Kier molecular flexibility index (Phi) is 4.86. The summed E-state index contributed by atoms with van der Waals surface area (Å²) in [5, 5.41) is 0.742. The summed E-state index contributed by atoms with van der Waals surface area (Å²) in [5.74, 6) is 0. The van der Waals surface area contributed by atoms with Crippen LogP contribution in [-0.4, -0.2) is 14.1 Å². The number of nitrogens with zero attached hydrogens (tertiary/aromatic N) is 3. The van der Waals surface area contributed by atoms with E-state index in [-0.39, 0.29) is 11.5 Å². The van der Waals surface area contributed by atoms with Gasteiger partial charge in [-0.15, -0.1) is 0 Å². The largest absolute Gasteiger partial charge is 0.326 e. The molecule has 0 saturated carbocycles. The summed E-state index contributed by atoms with van der Waals surface area (Å²) in [7, 11) is 0. The molecule has 2 heterocycles. The van der Waals surface area contributed by atoms with Crippen molar-refractivity contribution < 1.29 is 0 Å². The van der Waals surface area contributed by atoms with Crippen LogP contribution in [0.2, 0.25) is 5.02 Å². The molecule has 0 fully saturated rings. The summed E-state index contributed by atoms with van der Waals surface area (Å²) >= 11 is 6.03.